The first-order valence-corrected chi connectivity index (χ1v) is 7.26. The van der Waals surface area contributed by atoms with Crippen molar-refractivity contribution in [2.24, 2.45) is 0 Å². The van der Waals surface area contributed by atoms with Gasteiger partial charge < -0.3 is 15.5 Å². The lowest BCUT2D eigenvalue weighted by Gasteiger charge is -2.27. The molecule has 0 saturated carbocycles. The number of hydrogen-bond donors (Lipinski definition) is 3. The summed E-state index contributed by atoms with van der Waals surface area (Å²) in [7, 11) is 0. The molecule has 5 heteroatoms. The van der Waals surface area contributed by atoms with Crippen LogP contribution in [0.25, 0.3) is 0 Å². The third-order valence-electron chi connectivity index (χ3n) is 3.40. The number of carboxylic acids is 1. The number of benzene rings is 1. The van der Waals surface area contributed by atoms with E-state index < -0.39 is 11.6 Å². The zero-order valence-electron chi connectivity index (χ0n) is 12.6. The molecule has 0 fully saturated rings. The number of carboxylic acid groups (broad SMARTS) is 1. The van der Waals surface area contributed by atoms with Crippen LogP contribution in [0.3, 0.4) is 0 Å². The second kappa shape index (κ2) is 7.78. The number of carbonyl (C=O) groups excluding carboxylic acids is 1. The van der Waals surface area contributed by atoms with Gasteiger partial charge in [0, 0.05) is 12.1 Å². The van der Waals surface area contributed by atoms with E-state index in [1.165, 1.54) is 24.3 Å². The second-order valence-electron chi connectivity index (χ2n) is 5.29. The summed E-state index contributed by atoms with van der Waals surface area (Å²) >= 11 is 0. The van der Waals surface area contributed by atoms with E-state index in [0.717, 1.165) is 12.8 Å². The van der Waals surface area contributed by atoms with Crippen molar-refractivity contribution in [2.75, 3.05) is 6.54 Å². The molecule has 3 N–H and O–H groups in total. The molecule has 116 valence electrons. The fourth-order valence-electron chi connectivity index (χ4n) is 2.34. The molecule has 1 aromatic rings. The molecule has 0 bridgehead atoms. The molecule has 5 nitrogen and oxygen atoms in total. The number of hydrogen-bond acceptors (Lipinski definition) is 3. The van der Waals surface area contributed by atoms with E-state index in [9.17, 15) is 14.7 Å². The van der Waals surface area contributed by atoms with Crippen molar-refractivity contribution in [1.29, 1.82) is 0 Å². The van der Waals surface area contributed by atoms with Crippen LogP contribution in [0.1, 0.15) is 60.2 Å². The first-order chi connectivity index (χ1) is 9.91. The lowest BCUT2D eigenvalue weighted by Crippen LogP contribution is -2.42. The highest BCUT2D eigenvalue weighted by atomic mass is 16.4. The number of amides is 1. The highest BCUT2D eigenvalue weighted by Crippen LogP contribution is 2.18. The van der Waals surface area contributed by atoms with Gasteiger partial charge >= 0.3 is 5.97 Å². The SMILES string of the molecule is CCCC(O)(CCC)CNC(=O)c1ccc(C(=O)O)cc1. The number of rotatable bonds is 8. The van der Waals surface area contributed by atoms with Crippen LogP contribution in [0.5, 0.6) is 0 Å². The van der Waals surface area contributed by atoms with Crippen LogP contribution in [0.15, 0.2) is 24.3 Å². The molecule has 0 aliphatic heterocycles. The minimum absolute atomic E-state index is 0.139. The van der Waals surface area contributed by atoms with Crippen LogP contribution < -0.4 is 5.32 Å². The number of aliphatic hydroxyl groups is 1. The van der Waals surface area contributed by atoms with Crippen LogP contribution >= 0.6 is 0 Å². The Kier molecular flexibility index (Phi) is 6.37. The largest absolute Gasteiger partial charge is 0.478 e. The molecule has 1 amide bonds. The summed E-state index contributed by atoms with van der Waals surface area (Å²) in [5.41, 5.74) is -0.351. The first-order valence-electron chi connectivity index (χ1n) is 7.26. The molecule has 0 aliphatic rings. The minimum atomic E-state index is -1.03. The monoisotopic (exact) mass is 293 g/mol. The Morgan fingerprint density at radius 3 is 1.95 bits per heavy atom. The van der Waals surface area contributed by atoms with Gasteiger partial charge in [-0.05, 0) is 37.1 Å². The van der Waals surface area contributed by atoms with Crippen molar-refractivity contribution >= 4 is 11.9 Å². The normalized spacial score (nSPS) is 11.2. The Bertz CT molecular complexity index is 476. The molecular weight excluding hydrogens is 270 g/mol. The summed E-state index contributed by atoms with van der Waals surface area (Å²) in [6.07, 6.45) is 2.97. The van der Waals surface area contributed by atoms with Crippen molar-refractivity contribution in [3.63, 3.8) is 0 Å². The zero-order valence-corrected chi connectivity index (χ0v) is 12.6. The summed E-state index contributed by atoms with van der Waals surface area (Å²) in [6, 6.07) is 5.72. The van der Waals surface area contributed by atoms with Gasteiger partial charge in [0.2, 0.25) is 0 Å². The highest BCUT2D eigenvalue weighted by molar-refractivity contribution is 5.95. The van der Waals surface area contributed by atoms with Gasteiger partial charge in [-0.2, -0.15) is 0 Å². The van der Waals surface area contributed by atoms with Gasteiger partial charge in [0.15, 0.2) is 0 Å². The number of carbonyl (C=O) groups is 2. The molecule has 21 heavy (non-hydrogen) atoms. The van der Waals surface area contributed by atoms with Crippen molar-refractivity contribution in [1.82, 2.24) is 5.32 Å². The summed E-state index contributed by atoms with van der Waals surface area (Å²) in [6.45, 7) is 4.19. The van der Waals surface area contributed by atoms with E-state index in [-0.39, 0.29) is 18.0 Å². The van der Waals surface area contributed by atoms with Crippen molar-refractivity contribution in [3.05, 3.63) is 35.4 Å². The lowest BCUT2D eigenvalue weighted by molar-refractivity contribution is 0.0213. The Morgan fingerprint density at radius 2 is 1.52 bits per heavy atom. The first kappa shape index (κ1) is 17.2. The van der Waals surface area contributed by atoms with Crippen molar-refractivity contribution < 1.29 is 19.8 Å². The van der Waals surface area contributed by atoms with Gasteiger partial charge in [0.05, 0.1) is 11.2 Å². The summed E-state index contributed by atoms with van der Waals surface area (Å²) in [4.78, 5) is 22.8. The topological polar surface area (TPSA) is 86.6 Å². The second-order valence-corrected chi connectivity index (χ2v) is 5.29. The summed E-state index contributed by atoms with van der Waals surface area (Å²) < 4.78 is 0. The summed E-state index contributed by atoms with van der Waals surface area (Å²) in [5, 5.41) is 22.0. The number of aromatic carboxylic acids is 1. The third-order valence-corrected chi connectivity index (χ3v) is 3.40. The molecule has 1 aromatic carbocycles. The average Bonchev–Trinajstić information content (AvgIpc) is 2.45. The molecule has 0 radical (unpaired) electrons. The van der Waals surface area contributed by atoms with Crippen LogP contribution in [0.4, 0.5) is 0 Å². The maximum atomic E-state index is 12.0. The third kappa shape index (κ3) is 5.19. The molecule has 0 saturated heterocycles. The Labute approximate surface area is 125 Å². The average molecular weight is 293 g/mol. The Balaban J connectivity index is 2.65. The quantitative estimate of drug-likeness (QED) is 0.687. The molecule has 0 aromatic heterocycles. The summed E-state index contributed by atoms with van der Waals surface area (Å²) in [5.74, 6) is -1.33. The standard InChI is InChI=1S/C16H23NO4/c1-3-9-16(21,10-4-2)11-17-14(18)12-5-7-13(8-6-12)15(19)20/h5-8,21H,3-4,9-11H2,1-2H3,(H,17,18)(H,19,20). The minimum Gasteiger partial charge on any atom is -0.478 e. The predicted octanol–water partition coefficient (Wildman–Crippen LogP) is 2.45. The maximum Gasteiger partial charge on any atom is 0.335 e. The van der Waals surface area contributed by atoms with Gasteiger partial charge in [-0.15, -0.1) is 0 Å². The molecule has 1 rings (SSSR count). The highest BCUT2D eigenvalue weighted by Gasteiger charge is 2.25. The van der Waals surface area contributed by atoms with E-state index in [2.05, 4.69) is 5.32 Å². The smallest absolute Gasteiger partial charge is 0.335 e. The van der Waals surface area contributed by atoms with Crippen LogP contribution in [-0.4, -0.2) is 34.2 Å². The van der Waals surface area contributed by atoms with Crippen LogP contribution in [-0.2, 0) is 0 Å². The van der Waals surface area contributed by atoms with Crippen LogP contribution in [0, 0.1) is 0 Å². The molecule has 0 spiro atoms. The number of nitrogens with one attached hydrogen (secondary N) is 1. The van der Waals surface area contributed by atoms with Gasteiger partial charge in [-0.25, -0.2) is 4.79 Å². The van der Waals surface area contributed by atoms with Crippen LogP contribution in [0.2, 0.25) is 0 Å². The Morgan fingerprint density at radius 1 is 1.05 bits per heavy atom. The predicted molar refractivity (Wildman–Crippen MR) is 80.5 cm³/mol. The molecular formula is C16H23NO4. The van der Waals surface area contributed by atoms with E-state index in [0.29, 0.717) is 18.4 Å². The van der Waals surface area contributed by atoms with Gasteiger partial charge in [-0.1, -0.05) is 26.7 Å². The van der Waals surface area contributed by atoms with E-state index >= 15 is 0 Å². The molecule has 0 atom stereocenters. The maximum absolute atomic E-state index is 12.0. The molecule has 0 unspecified atom stereocenters. The van der Waals surface area contributed by atoms with E-state index in [4.69, 9.17) is 5.11 Å². The van der Waals surface area contributed by atoms with Gasteiger partial charge in [0.1, 0.15) is 0 Å². The lowest BCUT2D eigenvalue weighted by atomic mass is 9.92. The Hall–Kier alpha value is -1.88. The fraction of sp³-hybridized carbons (Fsp3) is 0.500. The molecule has 0 aliphatic carbocycles. The van der Waals surface area contributed by atoms with Gasteiger partial charge in [0.25, 0.3) is 5.91 Å². The van der Waals surface area contributed by atoms with E-state index in [1.807, 2.05) is 13.8 Å². The zero-order chi connectivity index (χ0) is 15.9. The fourth-order valence-corrected chi connectivity index (χ4v) is 2.34. The van der Waals surface area contributed by atoms with Gasteiger partial charge in [-0.3, -0.25) is 4.79 Å². The van der Waals surface area contributed by atoms with Crippen molar-refractivity contribution in [3.8, 4) is 0 Å². The van der Waals surface area contributed by atoms with Crippen molar-refractivity contribution in [2.45, 2.75) is 45.1 Å². The van der Waals surface area contributed by atoms with E-state index in [1.54, 1.807) is 0 Å². The molecule has 0 heterocycles.